The van der Waals surface area contributed by atoms with Crippen LogP contribution in [-0.2, 0) is 16.5 Å². The normalized spacial score (nSPS) is 18.2. The molecule has 0 aliphatic carbocycles. The van der Waals surface area contributed by atoms with Crippen LogP contribution in [0.5, 0.6) is 17.5 Å². The van der Waals surface area contributed by atoms with Gasteiger partial charge in [-0.25, -0.2) is 15.0 Å². The van der Waals surface area contributed by atoms with E-state index in [9.17, 15) is 18.0 Å². The molecule has 0 bridgehead atoms. The number of benzene rings is 1. The highest BCUT2D eigenvalue weighted by Crippen LogP contribution is 2.53. The van der Waals surface area contributed by atoms with Crippen LogP contribution in [0.3, 0.4) is 0 Å². The number of ether oxygens (including phenoxy) is 4. The van der Waals surface area contributed by atoms with Crippen molar-refractivity contribution in [2.45, 2.75) is 17.8 Å². The zero-order chi connectivity index (χ0) is 25.9. The summed E-state index contributed by atoms with van der Waals surface area (Å²) in [6.07, 6.45) is -3.31. The summed E-state index contributed by atoms with van der Waals surface area (Å²) in [6, 6.07) is 3.59. The lowest BCUT2D eigenvalue weighted by molar-refractivity contribution is -0.160. The summed E-state index contributed by atoms with van der Waals surface area (Å²) in [5.41, 5.74) is -0.798. The highest BCUT2D eigenvalue weighted by Gasteiger charge is 2.55. The Balaban J connectivity index is 1.38. The van der Waals surface area contributed by atoms with E-state index in [4.69, 9.17) is 18.9 Å². The minimum absolute atomic E-state index is 0.0124. The van der Waals surface area contributed by atoms with Crippen molar-refractivity contribution in [2.24, 2.45) is 0 Å². The number of amides is 1. The summed E-state index contributed by atoms with van der Waals surface area (Å²) in [5.74, 6) is -0.458. The number of hydrogen-bond donors (Lipinski definition) is 1. The molecule has 1 N–H and O–H groups in total. The Hall–Kier alpha value is -3.49. The summed E-state index contributed by atoms with van der Waals surface area (Å²) >= 11 is 1.21. The predicted octanol–water partition coefficient (Wildman–Crippen LogP) is 3.19. The molecule has 0 radical (unpaired) electrons. The number of carbonyl (C=O) groups is 1. The Kier molecular flexibility index (Phi) is 5.51. The number of nitrogens with one attached hydrogen (secondary N) is 1. The van der Waals surface area contributed by atoms with E-state index in [1.165, 1.54) is 38.0 Å². The summed E-state index contributed by atoms with van der Waals surface area (Å²) < 4.78 is 62.2. The van der Waals surface area contributed by atoms with E-state index in [2.05, 4.69) is 25.2 Å². The second-order valence-electron chi connectivity index (χ2n) is 8.82. The van der Waals surface area contributed by atoms with Gasteiger partial charge in [-0.15, -0.1) is 0 Å². The van der Waals surface area contributed by atoms with Gasteiger partial charge < -0.3 is 18.9 Å². The van der Waals surface area contributed by atoms with E-state index in [0.29, 0.717) is 37.6 Å². The molecule has 14 heteroatoms. The number of thiazole rings is 1. The number of aromatic nitrogens is 3. The lowest BCUT2D eigenvalue weighted by atomic mass is 9.85. The van der Waals surface area contributed by atoms with Gasteiger partial charge in [-0.2, -0.15) is 13.2 Å². The third kappa shape index (κ3) is 3.86. The fourth-order valence-corrected chi connectivity index (χ4v) is 5.71. The van der Waals surface area contributed by atoms with E-state index in [1.807, 2.05) is 0 Å². The molecule has 6 rings (SSSR count). The van der Waals surface area contributed by atoms with E-state index in [0.717, 1.165) is 17.0 Å². The average Bonchev–Trinajstić information content (AvgIpc) is 3.24. The highest BCUT2D eigenvalue weighted by atomic mass is 32.1. The molecular weight excluding hydrogens is 515 g/mol. The summed E-state index contributed by atoms with van der Waals surface area (Å²) in [6.45, 7) is 2.13. The first-order valence-electron chi connectivity index (χ1n) is 11.2. The van der Waals surface area contributed by atoms with Crippen LogP contribution in [0.4, 0.5) is 18.3 Å². The molecule has 1 spiro atoms. The van der Waals surface area contributed by atoms with Crippen molar-refractivity contribution in [1.29, 1.82) is 0 Å². The lowest BCUT2D eigenvalue weighted by Crippen LogP contribution is -2.69. The number of alkyl halides is 3. The molecule has 3 aliphatic rings. The molecule has 194 valence electrons. The van der Waals surface area contributed by atoms with Gasteiger partial charge in [0.2, 0.25) is 11.8 Å². The fourth-order valence-electron chi connectivity index (χ4n) is 4.63. The molecule has 2 saturated heterocycles. The topological polar surface area (TPSA) is 108 Å². The van der Waals surface area contributed by atoms with E-state index in [1.54, 1.807) is 0 Å². The molecule has 10 nitrogen and oxygen atoms in total. The Morgan fingerprint density at radius 3 is 2.49 bits per heavy atom. The van der Waals surface area contributed by atoms with Crippen LogP contribution in [0, 0.1) is 0 Å². The number of methoxy groups -OCH3 is 2. The van der Waals surface area contributed by atoms with Crippen molar-refractivity contribution in [1.82, 2.24) is 19.9 Å². The van der Waals surface area contributed by atoms with Gasteiger partial charge in [0.15, 0.2) is 16.3 Å². The molecule has 0 unspecified atom stereocenters. The quantitative estimate of drug-likeness (QED) is 0.527. The van der Waals surface area contributed by atoms with Gasteiger partial charge in [-0.3, -0.25) is 15.0 Å². The standard InChI is InChI=1S/C23H20F3N5O5S/c1-33-19-15(20(34-2)28-10-27-19)18(32)30-21-29-16-13-4-3-11(23(24,25)26)5-14(13)36-22(17(16)37-21)8-31(9-22)12-6-35-7-12/h3-5,10,12H,6-9H2,1-2H3,(H,29,30,32). The number of anilines is 1. The number of likely N-dealkylation sites (tertiary alicyclic amines) is 1. The van der Waals surface area contributed by atoms with Crippen molar-refractivity contribution in [2.75, 3.05) is 45.8 Å². The Labute approximate surface area is 212 Å². The van der Waals surface area contributed by atoms with Crippen LogP contribution in [0.1, 0.15) is 20.8 Å². The molecule has 2 aromatic heterocycles. The van der Waals surface area contributed by atoms with Crippen LogP contribution in [-0.4, -0.2) is 72.3 Å². The van der Waals surface area contributed by atoms with E-state index in [-0.39, 0.29) is 34.2 Å². The van der Waals surface area contributed by atoms with Gasteiger partial charge in [-0.05, 0) is 18.2 Å². The minimum Gasteiger partial charge on any atom is -0.480 e. The van der Waals surface area contributed by atoms with E-state index < -0.39 is 23.2 Å². The molecule has 1 amide bonds. The van der Waals surface area contributed by atoms with Crippen LogP contribution in [0.15, 0.2) is 24.5 Å². The van der Waals surface area contributed by atoms with Gasteiger partial charge in [0.25, 0.3) is 5.91 Å². The molecule has 2 fully saturated rings. The SMILES string of the molecule is COc1ncnc(OC)c1C(=O)Nc1nc2c(s1)C1(CN(C3COC3)C1)Oc1cc(C(F)(F)F)ccc1-2. The van der Waals surface area contributed by atoms with E-state index >= 15 is 0 Å². The van der Waals surface area contributed by atoms with Gasteiger partial charge in [0.1, 0.15) is 12.1 Å². The van der Waals surface area contributed by atoms with Crippen molar-refractivity contribution < 1.29 is 36.9 Å². The maximum Gasteiger partial charge on any atom is 0.416 e. The third-order valence-corrected chi connectivity index (χ3v) is 7.73. The molecule has 3 aliphatic heterocycles. The highest BCUT2D eigenvalue weighted by molar-refractivity contribution is 7.16. The number of nitrogens with zero attached hydrogens (tertiary/aromatic N) is 4. The first kappa shape index (κ1) is 23.9. The zero-order valence-corrected chi connectivity index (χ0v) is 20.4. The van der Waals surface area contributed by atoms with Crippen molar-refractivity contribution >= 4 is 22.4 Å². The summed E-state index contributed by atoms with van der Waals surface area (Å²) in [5, 5.41) is 2.97. The maximum absolute atomic E-state index is 13.4. The Morgan fingerprint density at radius 2 is 1.89 bits per heavy atom. The van der Waals surface area contributed by atoms with Crippen LogP contribution in [0.2, 0.25) is 0 Å². The lowest BCUT2D eigenvalue weighted by Gasteiger charge is -2.55. The Morgan fingerprint density at radius 1 is 1.19 bits per heavy atom. The number of halogens is 3. The molecule has 3 aromatic rings. The van der Waals surface area contributed by atoms with Gasteiger partial charge in [0.05, 0.1) is 49.6 Å². The number of carbonyl (C=O) groups excluding carboxylic acids is 1. The predicted molar refractivity (Wildman–Crippen MR) is 124 cm³/mol. The van der Waals surface area contributed by atoms with Gasteiger partial charge in [-0.1, -0.05) is 11.3 Å². The van der Waals surface area contributed by atoms with Gasteiger partial charge in [0, 0.05) is 18.7 Å². The molecule has 0 saturated carbocycles. The number of fused-ring (bicyclic) bond motifs is 4. The zero-order valence-electron chi connectivity index (χ0n) is 19.6. The second-order valence-corrected chi connectivity index (χ2v) is 9.82. The largest absolute Gasteiger partial charge is 0.480 e. The Bertz CT molecular complexity index is 1370. The second kappa shape index (κ2) is 8.53. The molecular formula is C23H20F3N5O5S. The number of hydrogen-bond acceptors (Lipinski definition) is 10. The first-order chi connectivity index (χ1) is 17.7. The maximum atomic E-state index is 13.4. The average molecular weight is 536 g/mol. The monoisotopic (exact) mass is 535 g/mol. The molecule has 0 atom stereocenters. The first-order valence-corrected chi connectivity index (χ1v) is 12.0. The third-order valence-electron chi connectivity index (χ3n) is 6.58. The molecule has 37 heavy (non-hydrogen) atoms. The number of rotatable bonds is 5. The van der Waals surface area contributed by atoms with Crippen LogP contribution >= 0.6 is 11.3 Å². The van der Waals surface area contributed by atoms with Crippen LogP contribution in [0.25, 0.3) is 11.3 Å². The molecule has 5 heterocycles. The van der Waals surface area contributed by atoms with Crippen molar-refractivity contribution in [3.05, 3.63) is 40.5 Å². The summed E-state index contributed by atoms with van der Waals surface area (Å²) in [7, 11) is 2.73. The van der Waals surface area contributed by atoms with Crippen molar-refractivity contribution in [3.63, 3.8) is 0 Å². The minimum atomic E-state index is -4.52. The van der Waals surface area contributed by atoms with Crippen molar-refractivity contribution in [3.8, 4) is 28.8 Å². The smallest absolute Gasteiger partial charge is 0.416 e. The van der Waals surface area contributed by atoms with Crippen LogP contribution < -0.4 is 19.5 Å². The fraction of sp³-hybridized carbons (Fsp3) is 0.391. The molecule has 1 aromatic carbocycles. The summed E-state index contributed by atoms with van der Waals surface area (Å²) in [4.78, 5) is 28.6. The van der Waals surface area contributed by atoms with Gasteiger partial charge >= 0.3 is 6.18 Å².